The minimum absolute atomic E-state index is 0.222. The van der Waals surface area contributed by atoms with E-state index in [2.05, 4.69) is 0 Å². The van der Waals surface area contributed by atoms with Crippen LogP contribution in [0.1, 0.15) is 25.7 Å². The zero-order chi connectivity index (χ0) is 13.0. The summed E-state index contributed by atoms with van der Waals surface area (Å²) in [6.45, 7) is 1.33. The molecule has 1 aromatic heterocycles. The quantitative estimate of drug-likeness (QED) is 0.836. The summed E-state index contributed by atoms with van der Waals surface area (Å²) in [6, 6.07) is 3.41. The molecule has 0 aromatic carbocycles. The van der Waals surface area contributed by atoms with Gasteiger partial charge in [-0.2, -0.15) is 0 Å². The van der Waals surface area contributed by atoms with Crippen molar-refractivity contribution < 1.29 is 13.2 Å². The first kappa shape index (κ1) is 14.0. The van der Waals surface area contributed by atoms with Crippen molar-refractivity contribution in [2.45, 2.75) is 36.0 Å². The normalized spacial score (nSPS) is 21.3. The van der Waals surface area contributed by atoms with Crippen molar-refractivity contribution in [3.8, 4) is 0 Å². The van der Waals surface area contributed by atoms with Crippen LogP contribution in [-0.4, -0.2) is 39.0 Å². The Balaban J connectivity index is 1.89. The van der Waals surface area contributed by atoms with Crippen LogP contribution in [0.15, 0.2) is 21.7 Å². The van der Waals surface area contributed by atoms with Crippen molar-refractivity contribution in [2.24, 2.45) is 0 Å². The van der Waals surface area contributed by atoms with E-state index in [-0.39, 0.29) is 6.10 Å². The molecule has 0 N–H and O–H groups in total. The van der Waals surface area contributed by atoms with E-state index >= 15 is 0 Å². The number of rotatable bonds is 5. The Labute approximate surface area is 113 Å². The smallest absolute Gasteiger partial charge is 0.252 e. The van der Waals surface area contributed by atoms with Crippen LogP contribution in [-0.2, 0) is 14.8 Å². The predicted octanol–water partition coefficient (Wildman–Crippen LogP) is 2.33. The Bertz CT molecular complexity index is 450. The maximum atomic E-state index is 12.2. The number of hydrogen-bond acceptors (Lipinski definition) is 4. The average molecular weight is 289 g/mol. The molecule has 18 heavy (non-hydrogen) atoms. The molecule has 102 valence electrons. The van der Waals surface area contributed by atoms with Crippen molar-refractivity contribution in [2.75, 3.05) is 20.2 Å². The van der Waals surface area contributed by atoms with Crippen LogP contribution in [0.5, 0.6) is 0 Å². The minimum atomic E-state index is -3.30. The highest BCUT2D eigenvalue weighted by Gasteiger charge is 2.23. The lowest BCUT2D eigenvalue weighted by molar-refractivity contribution is 0.00951. The van der Waals surface area contributed by atoms with Gasteiger partial charge in [-0.3, -0.25) is 0 Å². The highest BCUT2D eigenvalue weighted by atomic mass is 32.2. The molecular formula is C12H19NO3S2. The summed E-state index contributed by atoms with van der Waals surface area (Å²) < 4.78 is 31.8. The van der Waals surface area contributed by atoms with Crippen LogP contribution < -0.4 is 0 Å². The number of hydrogen-bond donors (Lipinski definition) is 0. The average Bonchev–Trinajstić information content (AvgIpc) is 2.91. The van der Waals surface area contributed by atoms with Crippen molar-refractivity contribution in [1.82, 2.24) is 4.31 Å². The second-order valence-electron chi connectivity index (χ2n) is 4.54. The van der Waals surface area contributed by atoms with E-state index in [1.165, 1.54) is 22.1 Å². The topological polar surface area (TPSA) is 46.6 Å². The summed E-state index contributed by atoms with van der Waals surface area (Å²) in [5.74, 6) is 0. The second-order valence-corrected chi connectivity index (χ2v) is 7.76. The van der Waals surface area contributed by atoms with Crippen molar-refractivity contribution in [3.05, 3.63) is 17.5 Å². The van der Waals surface area contributed by atoms with Gasteiger partial charge in [0.25, 0.3) is 10.0 Å². The van der Waals surface area contributed by atoms with Gasteiger partial charge in [0.2, 0.25) is 0 Å². The molecule has 2 rings (SSSR count). The molecule has 4 nitrogen and oxygen atoms in total. The van der Waals surface area contributed by atoms with Gasteiger partial charge in [0.1, 0.15) is 4.21 Å². The van der Waals surface area contributed by atoms with Gasteiger partial charge in [0, 0.05) is 20.2 Å². The Hall–Kier alpha value is -0.430. The number of nitrogens with zero attached hydrogens (tertiary/aromatic N) is 1. The van der Waals surface area contributed by atoms with Crippen LogP contribution in [0.4, 0.5) is 0 Å². The van der Waals surface area contributed by atoms with Crippen molar-refractivity contribution in [3.63, 3.8) is 0 Å². The molecule has 0 bridgehead atoms. The Kier molecular flexibility index (Phi) is 4.77. The van der Waals surface area contributed by atoms with Crippen LogP contribution >= 0.6 is 11.3 Å². The number of sulfonamides is 1. The van der Waals surface area contributed by atoms with E-state index in [4.69, 9.17) is 4.74 Å². The molecule has 1 aromatic rings. The van der Waals surface area contributed by atoms with E-state index in [0.717, 1.165) is 25.9 Å². The standard InChI is InChI=1S/C12H19NO3S2/c1-13(8-7-11-5-2-3-9-16-11)18(14,15)12-6-4-10-17-12/h4,6,10-11H,2-3,5,7-9H2,1H3. The first-order chi connectivity index (χ1) is 8.60. The van der Waals surface area contributed by atoms with E-state index in [9.17, 15) is 8.42 Å². The van der Waals surface area contributed by atoms with Gasteiger partial charge in [-0.25, -0.2) is 12.7 Å². The zero-order valence-electron chi connectivity index (χ0n) is 10.5. The Morgan fingerprint density at radius 1 is 1.50 bits per heavy atom. The molecule has 0 amide bonds. The molecule has 1 fully saturated rings. The Morgan fingerprint density at radius 2 is 2.33 bits per heavy atom. The molecule has 1 unspecified atom stereocenters. The zero-order valence-corrected chi connectivity index (χ0v) is 12.2. The molecular weight excluding hydrogens is 270 g/mol. The third kappa shape index (κ3) is 3.32. The van der Waals surface area contributed by atoms with Crippen molar-refractivity contribution >= 4 is 21.4 Å². The highest BCUT2D eigenvalue weighted by molar-refractivity contribution is 7.91. The summed E-state index contributed by atoms with van der Waals surface area (Å²) in [7, 11) is -1.66. The largest absolute Gasteiger partial charge is 0.378 e. The van der Waals surface area contributed by atoms with Crippen LogP contribution in [0.3, 0.4) is 0 Å². The van der Waals surface area contributed by atoms with Gasteiger partial charge in [0.05, 0.1) is 6.10 Å². The predicted molar refractivity (Wildman–Crippen MR) is 72.3 cm³/mol. The maximum absolute atomic E-state index is 12.2. The van der Waals surface area contributed by atoms with Crippen LogP contribution in [0, 0.1) is 0 Å². The minimum Gasteiger partial charge on any atom is -0.378 e. The molecule has 0 radical (unpaired) electrons. The number of ether oxygens (including phenoxy) is 1. The van der Waals surface area contributed by atoms with E-state index in [1.54, 1.807) is 24.6 Å². The van der Waals surface area contributed by atoms with Gasteiger partial charge in [-0.15, -0.1) is 11.3 Å². The van der Waals surface area contributed by atoms with E-state index in [0.29, 0.717) is 10.8 Å². The van der Waals surface area contributed by atoms with Gasteiger partial charge in [-0.05, 0) is 37.1 Å². The van der Waals surface area contributed by atoms with Crippen LogP contribution in [0.25, 0.3) is 0 Å². The summed E-state index contributed by atoms with van der Waals surface area (Å²) in [6.07, 6.45) is 4.36. The van der Waals surface area contributed by atoms with E-state index in [1.807, 2.05) is 0 Å². The molecule has 1 atom stereocenters. The monoisotopic (exact) mass is 289 g/mol. The lowest BCUT2D eigenvalue weighted by atomic mass is 10.1. The fourth-order valence-corrected chi connectivity index (χ4v) is 4.43. The molecule has 0 spiro atoms. The second kappa shape index (κ2) is 6.14. The first-order valence-electron chi connectivity index (χ1n) is 6.22. The van der Waals surface area contributed by atoms with Gasteiger partial charge >= 0.3 is 0 Å². The third-order valence-corrected chi connectivity index (χ3v) is 6.43. The van der Waals surface area contributed by atoms with Crippen molar-refractivity contribution in [1.29, 1.82) is 0 Å². The fraction of sp³-hybridized carbons (Fsp3) is 0.667. The first-order valence-corrected chi connectivity index (χ1v) is 8.54. The van der Waals surface area contributed by atoms with Crippen LogP contribution in [0.2, 0.25) is 0 Å². The summed E-state index contributed by atoms with van der Waals surface area (Å²) >= 11 is 1.26. The molecule has 0 aliphatic carbocycles. The van der Waals surface area contributed by atoms with Gasteiger partial charge in [0.15, 0.2) is 0 Å². The maximum Gasteiger partial charge on any atom is 0.252 e. The fourth-order valence-electron chi connectivity index (χ4n) is 2.04. The molecule has 1 saturated heterocycles. The molecule has 6 heteroatoms. The highest BCUT2D eigenvalue weighted by Crippen LogP contribution is 2.21. The molecule has 2 heterocycles. The molecule has 1 aliphatic rings. The summed E-state index contributed by atoms with van der Waals surface area (Å²) in [4.78, 5) is 0. The summed E-state index contributed by atoms with van der Waals surface area (Å²) in [5, 5.41) is 1.78. The SMILES string of the molecule is CN(CCC1CCCCO1)S(=O)(=O)c1cccs1. The van der Waals surface area contributed by atoms with Gasteiger partial charge < -0.3 is 4.74 Å². The number of thiophene rings is 1. The molecule has 0 saturated carbocycles. The Morgan fingerprint density at radius 3 is 2.94 bits per heavy atom. The van der Waals surface area contributed by atoms with Gasteiger partial charge in [-0.1, -0.05) is 6.07 Å². The lowest BCUT2D eigenvalue weighted by Gasteiger charge is -2.24. The third-order valence-electron chi connectivity index (χ3n) is 3.20. The lowest BCUT2D eigenvalue weighted by Crippen LogP contribution is -2.31. The van der Waals surface area contributed by atoms with E-state index < -0.39 is 10.0 Å². The molecule has 1 aliphatic heterocycles. The summed E-state index contributed by atoms with van der Waals surface area (Å²) in [5.41, 5.74) is 0.